The van der Waals surface area contributed by atoms with E-state index in [2.05, 4.69) is 20.7 Å². The molecule has 0 bridgehead atoms. The van der Waals surface area contributed by atoms with Crippen molar-refractivity contribution in [3.63, 3.8) is 0 Å². The van der Waals surface area contributed by atoms with Gasteiger partial charge in [-0.25, -0.2) is 4.79 Å². The molecule has 1 heterocycles. The molecule has 1 rings (SSSR count). The van der Waals surface area contributed by atoms with Gasteiger partial charge in [0.1, 0.15) is 12.8 Å². The van der Waals surface area contributed by atoms with Crippen LogP contribution in [0, 0.1) is 17.5 Å². The van der Waals surface area contributed by atoms with Crippen LogP contribution in [0.25, 0.3) is 0 Å². The molecule has 0 aliphatic carbocycles. The quantitative estimate of drug-likeness (QED) is 0.532. The maximum atomic E-state index is 10.9. The molecule has 0 aromatic carbocycles. The average Bonchev–Trinajstić information content (AvgIpc) is 2.20. The molecule has 0 aliphatic heterocycles. The maximum absolute atomic E-state index is 10.9. The summed E-state index contributed by atoms with van der Waals surface area (Å²) in [4.78, 5) is 14.5. The molecule has 0 amide bonds. The van der Waals surface area contributed by atoms with Crippen LogP contribution in [0.5, 0.6) is 5.75 Å². The first-order valence-electron chi connectivity index (χ1n) is 3.87. The number of carbonyl (C=O) groups excluding carboxylic acids is 1. The van der Waals surface area contributed by atoms with Crippen molar-refractivity contribution in [3.05, 3.63) is 24.5 Å². The molecule has 0 aliphatic rings. The fourth-order valence-electron chi connectivity index (χ4n) is 0.668. The molecule has 0 atom stereocenters. The molecule has 0 N–H and O–H groups in total. The molecule has 5 heteroatoms. The molecule has 5 nitrogen and oxygen atoms in total. The van der Waals surface area contributed by atoms with E-state index in [0.29, 0.717) is 0 Å². The van der Waals surface area contributed by atoms with Gasteiger partial charge in [-0.15, -0.1) is 0 Å². The molecule has 0 saturated carbocycles. The van der Waals surface area contributed by atoms with Crippen LogP contribution in [0.4, 0.5) is 4.79 Å². The van der Waals surface area contributed by atoms with Gasteiger partial charge in [0.05, 0.1) is 12.5 Å². The summed E-state index contributed by atoms with van der Waals surface area (Å²) in [7, 11) is 0. The first-order chi connectivity index (χ1) is 6.83. The Morgan fingerprint density at radius 3 is 3.21 bits per heavy atom. The summed E-state index contributed by atoms with van der Waals surface area (Å²) in [5.74, 6) is 0.189. The summed E-state index contributed by atoms with van der Waals surface area (Å²) in [6.07, 6.45) is 3.25. The second kappa shape index (κ2) is 5.54. The van der Waals surface area contributed by atoms with Crippen molar-refractivity contribution in [1.82, 2.24) is 4.98 Å². The van der Waals surface area contributed by atoms with Gasteiger partial charge in [-0.3, -0.25) is 4.98 Å². The number of hydrogen-bond acceptors (Lipinski definition) is 5. The van der Waals surface area contributed by atoms with E-state index in [4.69, 9.17) is 5.26 Å². The van der Waals surface area contributed by atoms with Gasteiger partial charge in [-0.1, -0.05) is 0 Å². The molecule has 0 fully saturated rings. The van der Waals surface area contributed by atoms with Gasteiger partial charge in [0, 0.05) is 6.20 Å². The predicted octanol–water partition coefficient (Wildman–Crippen LogP) is 1.31. The number of nitriles is 1. The lowest BCUT2D eigenvalue weighted by atomic mass is 10.5. The molecular weight excluding hydrogens is 184 g/mol. The van der Waals surface area contributed by atoms with Crippen LogP contribution in [-0.2, 0) is 4.74 Å². The highest BCUT2D eigenvalue weighted by Crippen LogP contribution is 2.06. The van der Waals surface area contributed by atoms with Gasteiger partial charge in [0.15, 0.2) is 5.75 Å². The highest BCUT2D eigenvalue weighted by Gasteiger charge is 2.04. The monoisotopic (exact) mass is 191 g/mol. The molecule has 0 unspecified atom stereocenters. The standard InChI is InChI=1S/C9H7N2O3/c10-4-2-6-13-9(12)14-8-3-1-5-11-7-8/h1,3,5H,2,6H2. The molecule has 0 spiro atoms. The minimum Gasteiger partial charge on any atom is -0.433 e. The normalized spacial score (nSPS) is 8.79. The third kappa shape index (κ3) is 3.54. The second-order valence-corrected chi connectivity index (χ2v) is 2.22. The smallest absolute Gasteiger partial charge is 0.433 e. The molecular formula is C9H7N2O3. The summed E-state index contributed by atoms with van der Waals surface area (Å²) in [5, 5.41) is 8.17. The van der Waals surface area contributed by atoms with Crippen LogP contribution in [0.3, 0.4) is 0 Å². The molecule has 1 radical (unpaired) electrons. The highest BCUT2D eigenvalue weighted by molar-refractivity contribution is 5.63. The topological polar surface area (TPSA) is 72.2 Å². The van der Waals surface area contributed by atoms with Crippen LogP contribution >= 0.6 is 0 Å². The average molecular weight is 191 g/mol. The fraction of sp³-hybridized carbons (Fsp3) is 0.222. The zero-order valence-electron chi connectivity index (χ0n) is 7.27. The molecule has 14 heavy (non-hydrogen) atoms. The van der Waals surface area contributed by atoms with E-state index in [0.717, 1.165) is 0 Å². The van der Waals surface area contributed by atoms with E-state index in [-0.39, 0.29) is 18.8 Å². The fourth-order valence-corrected chi connectivity index (χ4v) is 0.668. The maximum Gasteiger partial charge on any atom is 0.513 e. The van der Waals surface area contributed by atoms with Crippen molar-refractivity contribution in [2.75, 3.05) is 6.61 Å². The van der Waals surface area contributed by atoms with Crippen LogP contribution in [0.15, 0.2) is 18.3 Å². The molecule has 0 saturated heterocycles. The van der Waals surface area contributed by atoms with E-state index in [9.17, 15) is 4.79 Å². The molecule has 1 aromatic rings. The second-order valence-electron chi connectivity index (χ2n) is 2.22. The molecule has 71 valence electrons. The Kier molecular flexibility index (Phi) is 3.95. The van der Waals surface area contributed by atoms with Crippen LogP contribution in [-0.4, -0.2) is 17.7 Å². The number of carbonyl (C=O) groups is 1. The van der Waals surface area contributed by atoms with E-state index in [1.165, 1.54) is 12.3 Å². The van der Waals surface area contributed by atoms with E-state index in [1.807, 2.05) is 6.07 Å². The van der Waals surface area contributed by atoms with Crippen LogP contribution in [0.2, 0.25) is 0 Å². The molecule has 1 aromatic heterocycles. The number of pyridine rings is 1. The number of aromatic nitrogens is 1. The first-order valence-corrected chi connectivity index (χ1v) is 3.87. The SMILES string of the molecule is N#CCCOC(=O)Oc1[c]nccc1. The van der Waals surface area contributed by atoms with Gasteiger partial charge in [-0.2, -0.15) is 5.26 Å². The number of ether oxygens (including phenoxy) is 2. The lowest BCUT2D eigenvalue weighted by Crippen LogP contribution is -2.11. The van der Waals surface area contributed by atoms with Crippen molar-refractivity contribution >= 4 is 6.16 Å². The third-order valence-electron chi connectivity index (χ3n) is 1.21. The predicted molar refractivity (Wildman–Crippen MR) is 45.3 cm³/mol. The van der Waals surface area contributed by atoms with E-state index in [1.54, 1.807) is 6.07 Å². The Balaban J connectivity index is 2.32. The summed E-state index contributed by atoms with van der Waals surface area (Å²) in [6.45, 7) is 0.0234. The Morgan fingerprint density at radius 1 is 1.71 bits per heavy atom. The van der Waals surface area contributed by atoms with Crippen LogP contribution < -0.4 is 4.74 Å². The summed E-state index contributed by atoms with van der Waals surface area (Å²) < 4.78 is 9.23. The Morgan fingerprint density at radius 2 is 2.57 bits per heavy atom. The largest absolute Gasteiger partial charge is 0.513 e. The van der Waals surface area contributed by atoms with Crippen molar-refractivity contribution in [2.24, 2.45) is 0 Å². The first kappa shape index (κ1) is 9.99. The van der Waals surface area contributed by atoms with E-state index >= 15 is 0 Å². The summed E-state index contributed by atoms with van der Waals surface area (Å²) in [5.41, 5.74) is 0. The van der Waals surface area contributed by atoms with Crippen LogP contribution in [0.1, 0.15) is 6.42 Å². The van der Waals surface area contributed by atoms with Gasteiger partial charge >= 0.3 is 6.16 Å². The Hall–Kier alpha value is -2.09. The van der Waals surface area contributed by atoms with Gasteiger partial charge in [0.25, 0.3) is 0 Å². The number of nitrogens with zero attached hydrogens (tertiary/aromatic N) is 2. The van der Waals surface area contributed by atoms with Crippen molar-refractivity contribution in [3.8, 4) is 11.8 Å². The minimum atomic E-state index is -0.857. The van der Waals surface area contributed by atoms with Gasteiger partial charge in [-0.05, 0) is 12.1 Å². The van der Waals surface area contributed by atoms with Crippen molar-refractivity contribution < 1.29 is 14.3 Å². The highest BCUT2D eigenvalue weighted by atomic mass is 16.7. The Bertz CT molecular complexity index is 332. The van der Waals surface area contributed by atoms with Gasteiger partial charge in [0.2, 0.25) is 0 Å². The zero-order valence-corrected chi connectivity index (χ0v) is 7.27. The minimum absolute atomic E-state index is 0.0234. The van der Waals surface area contributed by atoms with E-state index < -0.39 is 6.16 Å². The van der Waals surface area contributed by atoms with Crippen molar-refractivity contribution in [2.45, 2.75) is 6.42 Å². The lowest BCUT2D eigenvalue weighted by Gasteiger charge is -2.02. The van der Waals surface area contributed by atoms with Crippen molar-refractivity contribution in [1.29, 1.82) is 5.26 Å². The summed E-state index contributed by atoms with van der Waals surface area (Å²) >= 11 is 0. The number of rotatable bonds is 3. The number of hydrogen-bond donors (Lipinski definition) is 0. The Labute approximate surface area is 80.9 Å². The summed E-state index contributed by atoms with van der Waals surface area (Å²) in [6, 6.07) is 4.97. The van der Waals surface area contributed by atoms with Gasteiger partial charge < -0.3 is 9.47 Å². The zero-order chi connectivity index (χ0) is 10.2. The third-order valence-corrected chi connectivity index (χ3v) is 1.21. The lowest BCUT2D eigenvalue weighted by molar-refractivity contribution is 0.101.